The van der Waals surface area contributed by atoms with Crippen molar-refractivity contribution in [3.63, 3.8) is 0 Å². The van der Waals surface area contributed by atoms with E-state index < -0.39 is 10.2 Å². The summed E-state index contributed by atoms with van der Waals surface area (Å²) >= 11 is 2.73. The molecule has 6 aliphatic heterocycles. The highest BCUT2D eigenvalue weighted by atomic mass is 32.2. The Bertz CT molecular complexity index is 3320. The molecule has 0 atom stereocenters. The molecule has 2 aromatic heterocycles. The Hall–Kier alpha value is -6.97. The molecule has 77 heavy (non-hydrogen) atoms. The number of nitrogens with zero attached hydrogens (tertiary/aromatic N) is 9. The number of likely N-dealkylation sites (N-methyl/N-ethyl adjacent to an activating group) is 2. The summed E-state index contributed by atoms with van der Waals surface area (Å²) in [6.45, 7) is 7.49. The predicted molar refractivity (Wildman–Crippen MR) is 309 cm³/mol. The first-order valence-corrected chi connectivity index (χ1v) is 29.5. The zero-order valence-electron chi connectivity index (χ0n) is 43.7. The van der Waals surface area contributed by atoms with Crippen molar-refractivity contribution in [1.82, 2.24) is 40.2 Å². The second-order valence-electron chi connectivity index (χ2n) is 21.0. The average molecular weight is 1090 g/mol. The highest BCUT2D eigenvalue weighted by Crippen LogP contribution is 2.49. The molecule has 7 aromatic rings. The van der Waals surface area contributed by atoms with E-state index in [2.05, 4.69) is 113 Å². The van der Waals surface area contributed by atoms with E-state index in [0.717, 1.165) is 59.2 Å². The number of aromatic nitrogens is 4. The van der Waals surface area contributed by atoms with Crippen molar-refractivity contribution >= 4 is 72.3 Å². The van der Waals surface area contributed by atoms with Crippen LogP contribution in [-0.2, 0) is 26.5 Å². The molecule has 0 unspecified atom stereocenters. The minimum Gasteiger partial charge on any atom is -0.373 e. The Kier molecular flexibility index (Phi) is 14.8. The van der Waals surface area contributed by atoms with Crippen molar-refractivity contribution in [2.45, 2.75) is 54.8 Å². The third kappa shape index (κ3) is 10.5. The molecular formula is C57H65N13O4S3. The number of fused-ring (bicyclic) bond motifs is 6. The molecule has 3 fully saturated rings. The van der Waals surface area contributed by atoms with Crippen LogP contribution in [0.4, 0.5) is 36.9 Å². The van der Waals surface area contributed by atoms with Gasteiger partial charge in [0.25, 0.3) is 0 Å². The first-order valence-electron chi connectivity index (χ1n) is 26.4. The number of likely N-dealkylation sites (tertiary alicyclic amines) is 2. The number of hydrogen-bond acceptors (Lipinski definition) is 13. The molecule has 20 heteroatoms. The highest BCUT2D eigenvalue weighted by Gasteiger charge is 2.49. The first-order chi connectivity index (χ1) is 37.4. The van der Waals surface area contributed by atoms with E-state index in [0.29, 0.717) is 53.8 Å². The van der Waals surface area contributed by atoms with Crippen LogP contribution >= 0.6 is 22.7 Å². The molecule has 0 saturated carbocycles. The Labute approximate surface area is 458 Å². The Morgan fingerprint density at radius 2 is 0.883 bits per heavy atom. The molecule has 0 bridgehead atoms. The van der Waals surface area contributed by atoms with Gasteiger partial charge in [0, 0.05) is 106 Å². The lowest BCUT2D eigenvalue weighted by atomic mass is 9.74. The van der Waals surface area contributed by atoms with Gasteiger partial charge in [0.15, 0.2) is 0 Å². The lowest BCUT2D eigenvalue weighted by molar-refractivity contribution is 0.172. The normalized spacial score (nSPS) is 18.5. The summed E-state index contributed by atoms with van der Waals surface area (Å²) < 4.78 is 29.1. The van der Waals surface area contributed by atoms with E-state index in [1.165, 1.54) is 83.4 Å². The third-order valence-corrected chi connectivity index (χ3v) is 19.7. The number of hydrogen-bond donors (Lipinski definition) is 4. The van der Waals surface area contributed by atoms with Crippen molar-refractivity contribution in [2.75, 3.05) is 105 Å². The number of anilines is 5. The van der Waals surface area contributed by atoms with Crippen LogP contribution in [0.1, 0.15) is 55.2 Å². The van der Waals surface area contributed by atoms with Crippen molar-refractivity contribution in [3.05, 3.63) is 150 Å². The van der Waals surface area contributed by atoms with E-state index in [1.54, 1.807) is 10.5 Å². The summed E-state index contributed by atoms with van der Waals surface area (Å²) in [6.07, 6.45) is 5.89. The number of carbonyl (C=O) groups excluding carboxylic acids is 2. The van der Waals surface area contributed by atoms with E-state index in [9.17, 15) is 18.0 Å². The number of para-hydroxylation sites is 3. The zero-order valence-corrected chi connectivity index (χ0v) is 46.1. The lowest BCUT2D eigenvalue weighted by Gasteiger charge is -2.39. The fraction of sp³-hybridized carbons (Fsp3) is 0.368. The van der Waals surface area contributed by atoms with Crippen molar-refractivity contribution in [1.29, 1.82) is 0 Å². The maximum absolute atomic E-state index is 12.9. The first kappa shape index (κ1) is 52.1. The Balaban J connectivity index is 0.000000131. The topological polar surface area (TPSA) is 184 Å². The van der Waals surface area contributed by atoms with Gasteiger partial charge in [0.2, 0.25) is 10.3 Å². The molecule has 17 nitrogen and oxygen atoms in total. The van der Waals surface area contributed by atoms with E-state index >= 15 is 0 Å². The monoisotopic (exact) mass is 1090 g/mol. The molecule has 13 rings (SSSR count). The van der Waals surface area contributed by atoms with Crippen LogP contribution in [-0.4, -0.2) is 131 Å². The Morgan fingerprint density at radius 3 is 1.32 bits per heavy atom. The van der Waals surface area contributed by atoms with Gasteiger partial charge in [-0.1, -0.05) is 138 Å². The van der Waals surface area contributed by atoms with Gasteiger partial charge >= 0.3 is 22.3 Å². The molecular weight excluding hydrogens is 1030 g/mol. The maximum Gasteiger partial charge on any atom is 0.323 e. The second kappa shape index (κ2) is 21.8. The molecule has 400 valence electrons. The standard InChI is InChI=1S/C22H24N6O3S2.C22H23N5OS.C13H18N2/c1-23-33(30,31)28-15-22(17-9-5-6-10-18(17)28)11-13-27(14-12-22)21(29)24-20-26-25-19(32-20)16-7-3-2-4-8-16;1-26-15-22(17-9-5-6-10-18(17)26)11-13-27(14-12-22)21(28)23-20-25-24-19(29-20)16-7-3-2-4-8-16;1-15-10-13(6-8-14-9-7-13)11-4-2-3-5-12(11)15/h2-10,23H,11-15H2,1H3,(H,24,26,29);2-10H,11-15H2,1H3,(H,23,25,28);2-5,14H,6-10H2,1H3. The van der Waals surface area contributed by atoms with Gasteiger partial charge in [-0.15, -0.1) is 20.4 Å². The van der Waals surface area contributed by atoms with Crippen LogP contribution in [0.3, 0.4) is 0 Å². The van der Waals surface area contributed by atoms with Crippen LogP contribution in [0.5, 0.6) is 0 Å². The van der Waals surface area contributed by atoms with Crippen LogP contribution in [0.15, 0.2) is 133 Å². The minimum atomic E-state index is -3.60. The molecule has 0 radical (unpaired) electrons. The summed E-state index contributed by atoms with van der Waals surface area (Å²) in [6, 6.07) is 44.5. The number of carbonyl (C=O) groups is 2. The van der Waals surface area contributed by atoms with E-state index in [-0.39, 0.29) is 22.9 Å². The van der Waals surface area contributed by atoms with E-state index in [1.807, 2.05) is 89.8 Å². The zero-order chi connectivity index (χ0) is 53.2. The summed E-state index contributed by atoms with van der Waals surface area (Å²) in [5.41, 5.74) is 9.78. The summed E-state index contributed by atoms with van der Waals surface area (Å²) in [4.78, 5) is 34.1. The summed E-state index contributed by atoms with van der Waals surface area (Å²) in [5, 5.41) is 28.4. The average Bonchev–Trinajstić information content (AvgIpc) is 4.34. The van der Waals surface area contributed by atoms with E-state index in [4.69, 9.17) is 0 Å². The highest BCUT2D eigenvalue weighted by molar-refractivity contribution is 7.90. The van der Waals surface area contributed by atoms with Gasteiger partial charge in [-0.3, -0.25) is 14.9 Å². The van der Waals surface area contributed by atoms with Crippen molar-refractivity contribution < 1.29 is 18.0 Å². The fourth-order valence-corrected chi connectivity index (χ4v) is 14.9. The molecule has 6 aliphatic rings. The number of piperidine rings is 3. The smallest absolute Gasteiger partial charge is 0.323 e. The molecule has 3 saturated heterocycles. The number of rotatable bonds is 6. The molecule has 4 N–H and O–H groups in total. The third-order valence-electron chi connectivity index (χ3n) is 16.5. The fourth-order valence-electron chi connectivity index (χ4n) is 12.4. The lowest BCUT2D eigenvalue weighted by Crippen LogP contribution is -2.49. The van der Waals surface area contributed by atoms with Crippen LogP contribution in [0.2, 0.25) is 0 Å². The van der Waals surface area contributed by atoms with Gasteiger partial charge in [-0.05, 0) is 86.5 Å². The van der Waals surface area contributed by atoms with Crippen molar-refractivity contribution in [3.8, 4) is 21.1 Å². The minimum absolute atomic E-state index is 0.0877. The largest absolute Gasteiger partial charge is 0.373 e. The van der Waals surface area contributed by atoms with Gasteiger partial charge in [-0.2, -0.15) is 8.42 Å². The number of amides is 4. The number of nitrogens with one attached hydrogen (secondary N) is 4. The number of benzene rings is 5. The van der Waals surface area contributed by atoms with Crippen molar-refractivity contribution in [2.24, 2.45) is 0 Å². The Morgan fingerprint density at radius 1 is 0.506 bits per heavy atom. The maximum atomic E-state index is 12.9. The summed E-state index contributed by atoms with van der Waals surface area (Å²) in [5.74, 6) is 0. The molecule has 0 aliphatic carbocycles. The molecule has 4 amide bonds. The van der Waals surface area contributed by atoms with Crippen LogP contribution in [0, 0.1) is 0 Å². The van der Waals surface area contributed by atoms with Gasteiger partial charge < -0.3 is 24.9 Å². The molecule has 5 aromatic carbocycles. The second-order valence-corrected chi connectivity index (χ2v) is 24.7. The molecule has 3 spiro atoms. The SMILES string of the molecule is CN1CC2(CCN(C(=O)Nc3nnc(-c4ccccc4)s3)CC2)c2ccccc21.CN1CC2(CCNCC2)c2ccccc21.CNS(=O)(=O)N1CC2(CCN(C(=O)Nc3nnc(-c4ccccc4)s3)CC2)c2ccccc21. The molecule has 8 heterocycles. The van der Waals surface area contributed by atoms with Gasteiger partial charge in [0.1, 0.15) is 10.0 Å². The van der Waals surface area contributed by atoms with Gasteiger partial charge in [-0.25, -0.2) is 14.3 Å². The predicted octanol–water partition coefficient (Wildman–Crippen LogP) is 9.03. The number of urea groups is 2. The van der Waals surface area contributed by atoms with Gasteiger partial charge in [0.05, 0.1) is 5.69 Å². The summed E-state index contributed by atoms with van der Waals surface area (Å²) in [7, 11) is 2.20. The van der Waals surface area contributed by atoms with Crippen LogP contribution < -0.4 is 34.8 Å². The quantitative estimate of drug-likeness (QED) is 0.125. The van der Waals surface area contributed by atoms with Crippen LogP contribution in [0.25, 0.3) is 21.1 Å².